The molecular weight excluding hydrogens is 696 g/mol. The van der Waals surface area contributed by atoms with Gasteiger partial charge in [-0.2, -0.15) is 0 Å². The number of rotatable bonds is 20. The Bertz CT molecular complexity index is 1680. The molecule has 1 aliphatic rings. The van der Waals surface area contributed by atoms with Crippen molar-refractivity contribution >= 4 is 0 Å². The van der Waals surface area contributed by atoms with E-state index < -0.39 is 17.0 Å². The van der Waals surface area contributed by atoms with Crippen LogP contribution in [-0.2, 0) is 32.2 Å². The topological polar surface area (TPSA) is 111 Å². The van der Waals surface area contributed by atoms with Gasteiger partial charge in [0, 0.05) is 47.0 Å². The molecule has 0 bridgehead atoms. The molecule has 290 valence electrons. The van der Waals surface area contributed by atoms with Crippen LogP contribution in [0.25, 0.3) is 0 Å². The van der Waals surface area contributed by atoms with Crippen molar-refractivity contribution in [2.75, 3.05) is 70.1 Å². The van der Waals surface area contributed by atoms with Gasteiger partial charge in [-0.25, -0.2) is 0 Å². The lowest BCUT2D eigenvalue weighted by molar-refractivity contribution is -0.379. The highest BCUT2D eigenvalue weighted by molar-refractivity contribution is 5.43. The van der Waals surface area contributed by atoms with Gasteiger partial charge in [0.25, 0.3) is 0 Å². The number of ether oxygens (including phenoxy) is 12. The van der Waals surface area contributed by atoms with Gasteiger partial charge in [0.1, 0.15) is 49.4 Å². The highest BCUT2D eigenvalue weighted by Crippen LogP contribution is 2.48. The molecule has 5 rings (SSSR count). The van der Waals surface area contributed by atoms with E-state index in [1.54, 1.807) is 48.7 Å². The average Bonchev–Trinajstić information content (AvgIpc) is 3.23. The van der Waals surface area contributed by atoms with Crippen molar-refractivity contribution in [3.05, 3.63) is 108 Å². The van der Waals surface area contributed by atoms with Crippen LogP contribution < -0.4 is 37.9 Å². The molecular formula is C42H50O12. The van der Waals surface area contributed by atoms with E-state index in [1.165, 1.54) is 14.2 Å². The van der Waals surface area contributed by atoms with E-state index in [-0.39, 0.29) is 32.8 Å². The maximum atomic E-state index is 6.59. The van der Waals surface area contributed by atoms with Crippen LogP contribution in [0.3, 0.4) is 0 Å². The smallest absolute Gasteiger partial charge is 0.243 e. The van der Waals surface area contributed by atoms with E-state index in [0.717, 1.165) is 11.1 Å². The molecule has 0 atom stereocenters. The van der Waals surface area contributed by atoms with Gasteiger partial charge in [-0.15, -0.1) is 0 Å². The number of methoxy groups -OCH3 is 8. The largest absolute Gasteiger partial charge is 0.497 e. The van der Waals surface area contributed by atoms with Crippen molar-refractivity contribution in [3.63, 3.8) is 0 Å². The van der Waals surface area contributed by atoms with Crippen LogP contribution in [0.15, 0.2) is 97.1 Å². The van der Waals surface area contributed by atoms with Crippen LogP contribution >= 0.6 is 0 Å². The molecule has 0 radical (unpaired) electrons. The fraction of sp³-hybridized carbons (Fsp3) is 0.381. The van der Waals surface area contributed by atoms with Crippen LogP contribution in [0.1, 0.15) is 17.5 Å². The second kappa shape index (κ2) is 18.3. The Morgan fingerprint density at radius 1 is 0.444 bits per heavy atom. The lowest BCUT2D eigenvalue weighted by Crippen LogP contribution is -2.63. The summed E-state index contributed by atoms with van der Waals surface area (Å²) in [7, 11) is 12.6. The third-order valence-corrected chi connectivity index (χ3v) is 9.38. The number of para-hydroxylation sites is 4. The zero-order valence-electron chi connectivity index (χ0n) is 32.2. The molecule has 1 aliphatic carbocycles. The second-order valence-electron chi connectivity index (χ2n) is 12.6. The monoisotopic (exact) mass is 746 g/mol. The summed E-state index contributed by atoms with van der Waals surface area (Å²) in [5.41, 5.74) is 0.897. The van der Waals surface area contributed by atoms with Gasteiger partial charge in [0.15, 0.2) is 23.0 Å². The average molecular weight is 747 g/mol. The third-order valence-electron chi connectivity index (χ3n) is 9.38. The summed E-state index contributed by atoms with van der Waals surface area (Å²) in [6, 6.07) is 26.2. The van der Waals surface area contributed by atoms with Gasteiger partial charge in [-0.3, -0.25) is 0 Å². The van der Waals surface area contributed by atoms with Crippen LogP contribution in [0, 0.1) is 5.41 Å². The molecule has 4 aromatic carbocycles. The molecule has 0 amide bonds. The predicted octanol–water partition coefficient (Wildman–Crippen LogP) is 7.26. The van der Waals surface area contributed by atoms with Gasteiger partial charge >= 0.3 is 0 Å². The van der Waals surface area contributed by atoms with Gasteiger partial charge in [-0.05, 0) is 65.7 Å². The van der Waals surface area contributed by atoms with E-state index in [1.807, 2.05) is 91.0 Å². The Morgan fingerprint density at radius 2 is 0.815 bits per heavy atom. The van der Waals surface area contributed by atoms with Gasteiger partial charge in [-0.1, -0.05) is 30.3 Å². The van der Waals surface area contributed by atoms with Crippen molar-refractivity contribution in [2.45, 2.75) is 31.2 Å². The summed E-state index contributed by atoms with van der Waals surface area (Å²) < 4.78 is 71.4. The minimum absolute atomic E-state index is 0.140. The maximum absolute atomic E-state index is 6.59. The second-order valence-corrected chi connectivity index (χ2v) is 12.6. The standard InChI is InChI=1S/C42H50O12/c1-43-32-19-30(20-33(23-32)44-2)25-51-36-13-9-11-15-38(36)53-28-40(17-18-41(47-5,48-6)42(27-40,49-7)50-8)29-54-39-16-12-10-14-37(39)52-26-31-21-34(45-3)24-35(22-31)46-4/h9-24H,25-29H2,1-8H3. The SMILES string of the molecule is COc1cc(COc2ccccc2OCC2(COc3ccccc3OCc3cc(OC)cc(OC)c3)C=CC(OC)(OC)C(OC)(OC)C2)cc(OC)c1. The molecule has 0 saturated heterocycles. The Balaban J connectivity index is 1.41. The lowest BCUT2D eigenvalue weighted by Gasteiger charge is -2.51. The van der Waals surface area contributed by atoms with Crippen LogP contribution in [0.5, 0.6) is 46.0 Å². The summed E-state index contributed by atoms with van der Waals surface area (Å²) in [6.45, 7) is 0.785. The van der Waals surface area contributed by atoms with E-state index in [2.05, 4.69) is 0 Å². The Morgan fingerprint density at radius 3 is 1.15 bits per heavy atom. The van der Waals surface area contributed by atoms with Gasteiger partial charge in [0.2, 0.25) is 11.6 Å². The van der Waals surface area contributed by atoms with Crippen molar-refractivity contribution < 1.29 is 56.8 Å². The minimum atomic E-state index is -1.37. The first-order valence-corrected chi connectivity index (χ1v) is 17.3. The van der Waals surface area contributed by atoms with E-state index in [4.69, 9.17) is 56.8 Å². The molecule has 0 N–H and O–H groups in total. The first-order valence-electron chi connectivity index (χ1n) is 17.3. The minimum Gasteiger partial charge on any atom is -0.497 e. The first-order chi connectivity index (χ1) is 26.2. The maximum Gasteiger partial charge on any atom is 0.243 e. The van der Waals surface area contributed by atoms with Crippen LogP contribution in [-0.4, -0.2) is 81.7 Å². The highest BCUT2D eigenvalue weighted by Gasteiger charge is 2.60. The molecule has 4 aromatic rings. The lowest BCUT2D eigenvalue weighted by atomic mass is 9.74. The molecule has 12 heteroatoms. The summed E-state index contributed by atoms with van der Waals surface area (Å²) in [5.74, 6) is 2.11. The fourth-order valence-corrected chi connectivity index (χ4v) is 6.38. The highest BCUT2D eigenvalue weighted by atomic mass is 16.8. The fourth-order valence-electron chi connectivity index (χ4n) is 6.38. The van der Waals surface area contributed by atoms with Crippen molar-refractivity contribution in [2.24, 2.45) is 5.41 Å². The normalized spacial score (nSPS) is 15.2. The summed E-state index contributed by atoms with van der Waals surface area (Å²) in [6.07, 6.45) is 3.98. The Kier molecular flexibility index (Phi) is 13.5. The van der Waals surface area contributed by atoms with Crippen molar-refractivity contribution in [3.8, 4) is 46.0 Å². The molecule has 0 fully saturated rings. The summed E-state index contributed by atoms with van der Waals surface area (Å²) in [5, 5.41) is 0. The number of benzene rings is 4. The van der Waals surface area contributed by atoms with E-state index >= 15 is 0 Å². The van der Waals surface area contributed by atoms with Gasteiger partial charge < -0.3 is 56.8 Å². The number of hydrogen-bond donors (Lipinski definition) is 0. The van der Waals surface area contributed by atoms with Crippen molar-refractivity contribution in [1.82, 2.24) is 0 Å². The quantitative estimate of drug-likeness (QED) is 0.0671. The molecule has 0 heterocycles. The first kappa shape index (κ1) is 40.1. The molecule has 0 spiro atoms. The molecule has 54 heavy (non-hydrogen) atoms. The van der Waals surface area contributed by atoms with Crippen LogP contribution in [0.2, 0.25) is 0 Å². The predicted molar refractivity (Wildman–Crippen MR) is 201 cm³/mol. The summed E-state index contributed by atoms with van der Waals surface area (Å²) >= 11 is 0. The molecule has 12 nitrogen and oxygen atoms in total. The molecule has 0 aliphatic heterocycles. The molecule has 0 saturated carbocycles. The third kappa shape index (κ3) is 8.96. The van der Waals surface area contributed by atoms with Gasteiger partial charge in [0.05, 0.1) is 33.9 Å². The van der Waals surface area contributed by atoms with Crippen LogP contribution in [0.4, 0.5) is 0 Å². The van der Waals surface area contributed by atoms with Crippen molar-refractivity contribution in [1.29, 1.82) is 0 Å². The molecule has 0 aromatic heterocycles. The summed E-state index contributed by atoms with van der Waals surface area (Å²) in [4.78, 5) is 0. The zero-order chi connectivity index (χ0) is 38.6. The van der Waals surface area contributed by atoms with E-state index in [0.29, 0.717) is 46.0 Å². The number of hydrogen-bond acceptors (Lipinski definition) is 12. The zero-order valence-corrected chi connectivity index (χ0v) is 32.2. The Labute approximate surface area is 317 Å². The Hall–Kier alpha value is -5.14. The van der Waals surface area contributed by atoms with E-state index in [9.17, 15) is 0 Å². The molecule has 0 unspecified atom stereocenters.